The molecule has 0 saturated carbocycles. The lowest BCUT2D eigenvalue weighted by atomic mass is 10.1. The van der Waals surface area contributed by atoms with Crippen molar-refractivity contribution < 1.29 is 13.6 Å². The molecule has 0 radical (unpaired) electrons. The first-order valence-corrected chi connectivity index (χ1v) is 11.6. The standard InChI is InChI=1S/C19H18N4O3S3/c1-11(2)9-28-19-22-29-18-21-17(24)14(16(20)23(18)19)8-12-5-6-15(26-12)27-10-13-4-3-7-25-13/h3-8,11,20H,9-10H2,1-2H3. The number of amides is 1. The number of amidine groups is 3. The van der Waals surface area contributed by atoms with Crippen molar-refractivity contribution in [2.75, 3.05) is 5.75 Å². The van der Waals surface area contributed by atoms with Crippen LogP contribution < -0.4 is 0 Å². The summed E-state index contributed by atoms with van der Waals surface area (Å²) in [5.74, 6) is 2.98. The molecule has 2 aromatic rings. The highest BCUT2D eigenvalue weighted by molar-refractivity contribution is 8.19. The van der Waals surface area contributed by atoms with Crippen LogP contribution >= 0.6 is 35.5 Å². The molecule has 0 aromatic carbocycles. The van der Waals surface area contributed by atoms with Gasteiger partial charge in [0.15, 0.2) is 10.3 Å². The molecule has 2 aliphatic heterocycles. The van der Waals surface area contributed by atoms with Gasteiger partial charge in [-0.15, -0.1) is 0 Å². The molecule has 150 valence electrons. The number of carbonyl (C=O) groups is 1. The first kappa shape index (κ1) is 20.1. The molecule has 2 aliphatic rings. The quantitative estimate of drug-likeness (QED) is 0.373. The van der Waals surface area contributed by atoms with Crippen LogP contribution in [0.2, 0.25) is 0 Å². The van der Waals surface area contributed by atoms with E-state index in [1.165, 1.54) is 11.8 Å². The molecule has 0 fully saturated rings. The second kappa shape index (κ2) is 8.68. The number of carbonyl (C=O) groups excluding carboxylic acids is 1. The topological polar surface area (TPSA) is 95.2 Å². The smallest absolute Gasteiger partial charge is 0.283 e. The van der Waals surface area contributed by atoms with Gasteiger partial charge in [-0.05, 0) is 36.3 Å². The van der Waals surface area contributed by atoms with Crippen LogP contribution in [-0.2, 0) is 10.5 Å². The van der Waals surface area contributed by atoms with Gasteiger partial charge >= 0.3 is 0 Å². The van der Waals surface area contributed by atoms with Crippen molar-refractivity contribution in [1.82, 2.24) is 4.90 Å². The Kier molecular flexibility index (Phi) is 6.02. The van der Waals surface area contributed by atoms with Gasteiger partial charge in [0.1, 0.15) is 17.4 Å². The van der Waals surface area contributed by atoms with E-state index in [0.29, 0.717) is 32.9 Å². The molecule has 0 bridgehead atoms. The summed E-state index contributed by atoms with van der Waals surface area (Å²) in [6, 6.07) is 7.36. The zero-order chi connectivity index (χ0) is 20.4. The van der Waals surface area contributed by atoms with E-state index in [-0.39, 0.29) is 11.4 Å². The Labute approximate surface area is 180 Å². The van der Waals surface area contributed by atoms with Gasteiger partial charge in [-0.3, -0.25) is 10.2 Å². The fraction of sp³-hybridized carbons (Fsp3) is 0.263. The third-order valence-corrected chi connectivity index (χ3v) is 6.98. The molecule has 0 unspecified atom stereocenters. The van der Waals surface area contributed by atoms with Gasteiger partial charge in [0, 0.05) is 5.75 Å². The van der Waals surface area contributed by atoms with E-state index in [2.05, 4.69) is 23.2 Å². The first-order chi connectivity index (χ1) is 14.0. The van der Waals surface area contributed by atoms with Crippen LogP contribution in [0.4, 0.5) is 0 Å². The minimum absolute atomic E-state index is 0.0706. The highest BCUT2D eigenvalue weighted by Crippen LogP contribution is 2.33. The maximum atomic E-state index is 12.5. The Morgan fingerprint density at radius 2 is 2.17 bits per heavy atom. The maximum absolute atomic E-state index is 12.5. The number of aliphatic imine (C=N–C) groups is 1. The first-order valence-electron chi connectivity index (χ1n) is 8.88. The number of furan rings is 2. The maximum Gasteiger partial charge on any atom is 0.283 e. The summed E-state index contributed by atoms with van der Waals surface area (Å²) in [6.45, 7) is 4.25. The molecular formula is C19H18N4O3S3. The molecule has 4 heterocycles. The number of hydrogen-bond donors (Lipinski definition) is 1. The van der Waals surface area contributed by atoms with Crippen LogP contribution in [0.1, 0.15) is 25.4 Å². The van der Waals surface area contributed by atoms with Crippen LogP contribution in [-0.4, -0.2) is 32.7 Å². The number of rotatable bonds is 6. The summed E-state index contributed by atoms with van der Waals surface area (Å²) in [7, 11) is 0. The second-order valence-electron chi connectivity index (χ2n) is 6.64. The van der Waals surface area contributed by atoms with E-state index in [4.69, 9.17) is 14.2 Å². The van der Waals surface area contributed by atoms with Gasteiger partial charge < -0.3 is 8.83 Å². The number of nitrogens with one attached hydrogen (secondary N) is 1. The summed E-state index contributed by atoms with van der Waals surface area (Å²) in [4.78, 5) is 18.2. The van der Waals surface area contributed by atoms with E-state index in [1.807, 2.05) is 18.2 Å². The highest BCUT2D eigenvalue weighted by atomic mass is 32.2. The number of nitrogens with zero attached hydrogens (tertiary/aromatic N) is 3. The molecule has 0 saturated heterocycles. The predicted octanol–water partition coefficient (Wildman–Crippen LogP) is 5.13. The lowest BCUT2D eigenvalue weighted by Crippen LogP contribution is -2.41. The molecular weight excluding hydrogens is 428 g/mol. The Morgan fingerprint density at radius 3 is 2.93 bits per heavy atom. The fourth-order valence-corrected chi connectivity index (χ4v) is 5.07. The Morgan fingerprint density at radius 1 is 1.31 bits per heavy atom. The third kappa shape index (κ3) is 4.54. The van der Waals surface area contributed by atoms with E-state index in [0.717, 1.165) is 23.5 Å². The van der Waals surface area contributed by atoms with Crippen LogP contribution in [0.25, 0.3) is 6.08 Å². The van der Waals surface area contributed by atoms with Crippen molar-refractivity contribution in [2.45, 2.75) is 24.7 Å². The van der Waals surface area contributed by atoms with Crippen molar-refractivity contribution in [3.05, 3.63) is 47.6 Å². The lowest BCUT2D eigenvalue weighted by molar-refractivity contribution is -0.114. The number of fused-ring (bicyclic) bond motifs is 1. The van der Waals surface area contributed by atoms with Gasteiger partial charge in [0.05, 0.1) is 29.5 Å². The van der Waals surface area contributed by atoms with Crippen LogP contribution in [0.3, 0.4) is 0 Å². The molecule has 0 atom stereocenters. The van der Waals surface area contributed by atoms with E-state index < -0.39 is 5.91 Å². The molecule has 1 N–H and O–H groups in total. The van der Waals surface area contributed by atoms with E-state index in [9.17, 15) is 4.79 Å². The Balaban J connectivity index is 1.49. The van der Waals surface area contributed by atoms with Crippen molar-refractivity contribution >= 4 is 63.6 Å². The molecule has 7 nitrogen and oxygen atoms in total. The van der Waals surface area contributed by atoms with E-state index in [1.54, 1.807) is 35.1 Å². The van der Waals surface area contributed by atoms with Crippen LogP contribution in [0.15, 0.2) is 59.4 Å². The Hall–Kier alpha value is -2.17. The van der Waals surface area contributed by atoms with Crippen molar-refractivity contribution in [2.24, 2.45) is 15.3 Å². The van der Waals surface area contributed by atoms with Gasteiger partial charge in [0.2, 0.25) is 5.17 Å². The third-order valence-electron chi connectivity index (χ3n) is 3.87. The molecule has 0 aliphatic carbocycles. The average Bonchev–Trinajstić information content (AvgIpc) is 3.42. The molecule has 1 amide bonds. The van der Waals surface area contributed by atoms with Crippen molar-refractivity contribution in [3.63, 3.8) is 0 Å². The minimum atomic E-state index is -0.458. The van der Waals surface area contributed by atoms with Gasteiger partial charge in [-0.1, -0.05) is 37.4 Å². The molecule has 29 heavy (non-hydrogen) atoms. The summed E-state index contributed by atoms with van der Waals surface area (Å²) in [5, 5.41) is 10.4. The summed E-state index contributed by atoms with van der Waals surface area (Å²) in [6.07, 6.45) is 3.20. The molecule has 4 rings (SSSR count). The summed E-state index contributed by atoms with van der Waals surface area (Å²) >= 11 is 4.19. The normalized spacial score (nSPS) is 17.9. The van der Waals surface area contributed by atoms with E-state index >= 15 is 0 Å². The fourth-order valence-electron chi connectivity index (χ4n) is 2.50. The summed E-state index contributed by atoms with van der Waals surface area (Å²) < 4.78 is 15.5. The van der Waals surface area contributed by atoms with Gasteiger partial charge in [-0.2, -0.15) is 9.39 Å². The van der Waals surface area contributed by atoms with Crippen LogP contribution in [0, 0.1) is 11.3 Å². The van der Waals surface area contributed by atoms with Crippen LogP contribution in [0.5, 0.6) is 0 Å². The monoisotopic (exact) mass is 446 g/mol. The lowest BCUT2D eigenvalue weighted by Gasteiger charge is -2.24. The van der Waals surface area contributed by atoms with Crippen molar-refractivity contribution in [3.8, 4) is 0 Å². The average molecular weight is 447 g/mol. The second-order valence-corrected chi connectivity index (χ2v) is 9.33. The minimum Gasteiger partial charge on any atom is -0.468 e. The predicted molar refractivity (Wildman–Crippen MR) is 119 cm³/mol. The number of hydrogen-bond acceptors (Lipinski definition) is 8. The van der Waals surface area contributed by atoms with Gasteiger partial charge in [0.25, 0.3) is 5.91 Å². The zero-order valence-electron chi connectivity index (χ0n) is 15.7. The number of thioether (sulfide) groups is 2. The molecule has 2 aromatic heterocycles. The van der Waals surface area contributed by atoms with Crippen molar-refractivity contribution in [1.29, 1.82) is 5.41 Å². The molecule has 0 spiro atoms. The zero-order valence-corrected chi connectivity index (χ0v) is 18.2. The highest BCUT2D eigenvalue weighted by Gasteiger charge is 2.37. The summed E-state index contributed by atoms with van der Waals surface area (Å²) in [5.41, 5.74) is 0.186. The Bertz CT molecular complexity index is 1020. The largest absolute Gasteiger partial charge is 0.468 e. The SMILES string of the molecule is CC(C)CSC1=NSC2=NC(=O)C(=Cc3ccc(SCc4ccco4)o3)C(=N)N12. The van der Waals surface area contributed by atoms with Gasteiger partial charge in [-0.25, -0.2) is 4.90 Å². The molecule has 10 heteroatoms.